The molecule has 8 heteroatoms. The van der Waals surface area contributed by atoms with Crippen molar-refractivity contribution < 1.29 is 19.1 Å². The first kappa shape index (κ1) is 31.2. The predicted octanol–water partition coefficient (Wildman–Crippen LogP) is 6.73. The third kappa shape index (κ3) is 8.48. The average Bonchev–Trinajstić information content (AvgIpc) is 2.79. The number of rotatable bonds is 9. The molecule has 0 fully saturated rings. The lowest BCUT2D eigenvalue weighted by Gasteiger charge is -2.35. The van der Waals surface area contributed by atoms with Crippen molar-refractivity contribution in [1.82, 2.24) is 10.2 Å². The number of alkyl carbamates (subject to hydrolysis) is 1. The van der Waals surface area contributed by atoms with E-state index in [0.717, 1.165) is 16.7 Å². The third-order valence-electron chi connectivity index (χ3n) is 6.08. The molecule has 0 saturated carbocycles. The standard InChI is InChI=1S/C30H42ClN3O4/c1-10-34(28(36)24(16-18(2)3)32-29(37)38-30(7,8)9)26(22-17-19(4)14-15-20(22)5)27(35)33-25-21(6)12-11-13-23(25)31/h11-15,17-18,24,26H,10,16H2,1-9H3,(H,32,37)(H,33,35). The number of nitrogens with one attached hydrogen (secondary N) is 2. The zero-order valence-electron chi connectivity index (χ0n) is 24.1. The van der Waals surface area contributed by atoms with E-state index in [-0.39, 0.29) is 24.3 Å². The van der Waals surface area contributed by atoms with Gasteiger partial charge in [-0.15, -0.1) is 0 Å². The molecule has 0 aromatic heterocycles. The van der Waals surface area contributed by atoms with Gasteiger partial charge in [-0.1, -0.05) is 61.3 Å². The molecule has 0 aliphatic carbocycles. The van der Waals surface area contributed by atoms with Gasteiger partial charge in [0.1, 0.15) is 17.7 Å². The van der Waals surface area contributed by atoms with Crippen molar-refractivity contribution in [3.8, 4) is 0 Å². The quantitative estimate of drug-likeness (QED) is 0.367. The zero-order chi connectivity index (χ0) is 28.8. The number of carbonyl (C=O) groups is 3. The van der Waals surface area contributed by atoms with Gasteiger partial charge >= 0.3 is 6.09 Å². The van der Waals surface area contributed by atoms with Crippen LogP contribution in [0.15, 0.2) is 36.4 Å². The van der Waals surface area contributed by atoms with Crippen molar-refractivity contribution in [3.05, 3.63) is 63.7 Å². The summed E-state index contributed by atoms with van der Waals surface area (Å²) in [4.78, 5) is 42.2. The normalized spacial score (nSPS) is 13.0. The van der Waals surface area contributed by atoms with E-state index in [9.17, 15) is 14.4 Å². The lowest BCUT2D eigenvalue weighted by molar-refractivity contribution is -0.140. The van der Waals surface area contributed by atoms with Crippen LogP contribution in [0.5, 0.6) is 0 Å². The Morgan fingerprint density at radius 1 is 1.03 bits per heavy atom. The number of nitrogens with zero attached hydrogens (tertiary/aromatic N) is 1. The number of benzene rings is 2. The van der Waals surface area contributed by atoms with Crippen LogP contribution in [0.25, 0.3) is 0 Å². The molecule has 0 spiro atoms. The number of aryl methyl sites for hydroxylation is 3. The Morgan fingerprint density at radius 3 is 2.24 bits per heavy atom. The molecular formula is C30H42ClN3O4. The van der Waals surface area contributed by atoms with Crippen LogP contribution < -0.4 is 10.6 Å². The molecule has 0 saturated heterocycles. The van der Waals surface area contributed by atoms with E-state index in [0.29, 0.717) is 22.7 Å². The predicted molar refractivity (Wildman–Crippen MR) is 153 cm³/mol. The Bertz CT molecular complexity index is 1140. The number of para-hydroxylation sites is 1. The van der Waals surface area contributed by atoms with Gasteiger partial charge in [-0.2, -0.15) is 0 Å². The number of likely N-dealkylation sites (N-methyl/N-ethyl adjacent to an activating group) is 1. The highest BCUT2D eigenvalue weighted by atomic mass is 35.5. The van der Waals surface area contributed by atoms with Gasteiger partial charge in [-0.05, 0) is 83.6 Å². The molecular weight excluding hydrogens is 502 g/mol. The Morgan fingerprint density at radius 2 is 1.68 bits per heavy atom. The SMILES string of the molecule is CCN(C(=O)C(CC(C)C)NC(=O)OC(C)(C)C)C(C(=O)Nc1c(C)cccc1Cl)c1cc(C)ccc1C. The van der Waals surface area contributed by atoms with Crippen LogP contribution in [0.3, 0.4) is 0 Å². The van der Waals surface area contributed by atoms with E-state index in [1.165, 1.54) is 4.90 Å². The van der Waals surface area contributed by atoms with E-state index < -0.39 is 23.8 Å². The minimum absolute atomic E-state index is 0.108. The van der Waals surface area contributed by atoms with Crippen LogP contribution in [0.1, 0.15) is 76.3 Å². The summed E-state index contributed by atoms with van der Waals surface area (Å²) in [5.74, 6) is -0.633. The molecule has 3 amide bonds. The highest BCUT2D eigenvalue weighted by Crippen LogP contribution is 2.31. The maximum atomic E-state index is 14.1. The van der Waals surface area contributed by atoms with Gasteiger partial charge < -0.3 is 20.3 Å². The van der Waals surface area contributed by atoms with Crippen LogP contribution in [-0.4, -0.2) is 41.0 Å². The van der Waals surface area contributed by atoms with Gasteiger partial charge in [0.2, 0.25) is 5.91 Å². The summed E-state index contributed by atoms with van der Waals surface area (Å²) in [6, 6.07) is 9.41. The topological polar surface area (TPSA) is 87.7 Å². The molecule has 208 valence electrons. The third-order valence-corrected chi connectivity index (χ3v) is 6.39. The van der Waals surface area contributed by atoms with Gasteiger partial charge in [-0.3, -0.25) is 9.59 Å². The number of carbonyl (C=O) groups excluding carboxylic acids is 3. The molecule has 38 heavy (non-hydrogen) atoms. The lowest BCUT2D eigenvalue weighted by Crippen LogP contribution is -2.52. The van der Waals surface area contributed by atoms with Crippen LogP contribution >= 0.6 is 11.6 Å². The van der Waals surface area contributed by atoms with Crippen molar-refractivity contribution in [2.24, 2.45) is 5.92 Å². The lowest BCUT2D eigenvalue weighted by atomic mass is 9.95. The summed E-state index contributed by atoms with van der Waals surface area (Å²) >= 11 is 6.42. The fourth-order valence-electron chi connectivity index (χ4n) is 4.30. The number of hydrogen-bond acceptors (Lipinski definition) is 4. The first-order chi connectivity index (χ1) is 17.6. The largest absolute Gasteiger partial charge is 0.444 e. The molecule has 2 aromatic rings. The first-order valence-electron chi connectivity index (χ1n) is 13.1. The fraction of sp³-hybridized carbons (Fsp3) is 0.500. The Kier molecular flexibility index (Phi) is 10.8. The van der Waals surface area contributed by atoms with Gasteiger partial charge in [0.05, 0.1) is 10.7 Å². The van der Waals surface area contributed by atoms with E-state index in [4.69, 9.17) is 16.3 Å². The summed E-state index contributed by atoms with van der Waals surface area (Å²) in [6.07, 6.45) is -0.286. The second-order valence-electron chi connectivity index (χ2n) is 11.1. The molecule has 2 rings (SSSR count). The minimum Gasteiger partial charge on any atom is -0.444 e. The summed E-state index contributed by atoms with van der Waals surface area (Å²) in [5.41, 5.74) is 3.15. The van der Waals surface area contributed by atoms with Gasteiger partial charge in [0.15, 0.2) is 0 Å². The molecule has 2 atom stereocenters. The summed E-state index contributed by atoms with van der Waals surface area (Å²) in [7, 11) is 0. The van der Waals surface area contributed by atoms with Gasteiger partial charge in [0.25, 0.3) is 5.91 Å². The fourth-order valence-corrected chi connectivity index (χ4v) is 4.56. The van der Waals surface area contributed by atoms with Crippen LogP contribution in [-0.2, 0) is 14.3 Å². The first-order valence-corrected chi connectivity index (χ1v) is 13.5. The molecule has 0 aliphatic rings. The van der Waals surface area contributed by atoms with Crippen molar-refractivity contribution in [2.75, 3.05) is 11.9 Å². The molecule has 0 bridgehead atoms. The van der Waals surface area contributed by atoms with Crippen molar-refractivity contribution in [1.29, 1.82) is 0 Å². The van der Waals surface area contributed by atoms with Gasteiger partial charge in [-0.25, -0.2) is 4.79 Å². The smallest absolute Gasteiger partial charge is 0.408 e. The summed E-state index contributed by atoms with van der Waals surface area (Å²) < 4.78 is 5.43. The minimum atomic E-state index is -0.946. The number of anilines is 1. The van der Waals surface area contributed by atoms with Crippen LogP contribution in [0, 0.1) is 26.7 Å². The Balaban J connectivity index is 2.55. The van der Waals surface area contributed by atoms with E-state index in [2.05, 4.69) is 10.6 Å². The molecule has 0 aliphatic heterocycles. The van der Waals surface area contributed by atoms with Crippen molar-refractivity contribution in [2.45, 2.75) is 86.4 Å². The highest BCUT2D eigenvalue weighted by molar-refractivity contribution is 6.34. The number of ether oxygens (including phenoxy) is 1. The molecule has 0 radical (unpaired) electrons. The van der Waals surface area contributed by atoms with Crippen LogP contribution in [0.4, 0.5) is 10.5 Å². The number of hydrogen-bond donors (Lipinski definition) is 2. The molecule has 2 N–H and O–H groups in total. The average molecular weight is 544 g/mol. The zero-order valence-corrected chi connectivity index (χ0v) is 24.8. The highest BCUT2D eigenvalue weighted by Gasteiger charge is 2.36. The number of halogens is 1. The van der Waals surface area contributed by atoms with Gasteiger partial charge in [0, 0.05) is 6.54 Å². The van der Waals surface area contributed by atoms with E-state index in [1.807, 2.05) is 71.9 Å². The second kappa shape index (κ2) is 13.1. The molecule has 2 aromatic carbocycles. The molecule has 7 nitrogen and oxygen atoms in total. The Hall–Kier alpha value is -3.06. The summed E-state index contributed by atoms with van der Waals surface area (Å²) in [5, 5.41) is 6.14. The van der Waals surface area contributed by atoms with Crippen molar-refractivity contribution >= 4 is 35.2 Å². The Labute approximate surface area is 232 Å². The maximum Gasteiger partial charge on any atom is 0.408 e. The monoisotopic (exact) mass is 543 g/mol. The summed E-state index contributed by atoms with van der Waals surface area (Å²) in [6.45, 7) is 17.0. The van der Waals surface area contributed by atoms with Crippen molar-refractivity contribution in [3.63, 3.8) is 0 Å². The van der Waals surface area contributed by atoms with E-state index >= 15 is 0 Å². The second-order valence-corrected chi connectivity index (χ2v) is 11.5. The maximum absolute atomic E-state index is 14.1. The molecule has 2 unspecified atom stereocenters. The number of amides is 3. The molecule has 0 heterocycles. The van der Waals surface area contributed by atoms with Crippen LogP contribution in [0.2, 0.25) is 5.02 Å². The van der Waals surface area contributed by atoms with E-state index in [1.54, 1.807) is 26.8 Å².